The van der Waals surface area contributed by atoms with Gasteiger partial charge in [-0.2, -0.15) is 18.4 Å². The summed E-state index contributed by atoms with van der Waals surface area (Å²) in [5.74, 6) is -0.699. The Bertz CT molecular complexity index is 527. The monoisotopic (exact) mass is 241 g/mol. The van der Waals surface area contributed by atoms with Crippen LogP contribution in [0, 0.1) is 11.3 Å². The molecule has 1 rings (SSSR count). The van der Waals surface area contributed by atoms with Gasteiger partial charge in [0.2, 0.25) is 0 Å². The molecule has 0 amide bonds. The molecule has 0 aliphatic carbocycles. The maximum absolute atomic E-state index is 12.6. The summed E-state index contributed by atoms with van der Waals surface area (Å²) in [6.45, 7) is 1.03. The Morgan fingerprint density at radius 3 is 2.35 bits per heavy atom. The topological polar surface area (TPSA) is 57.9 Å². The fraction of sp³-hybridized carbons (Fsp3) is 0.182. The minimum Gasteiger partial charge on any atom is -0.298 e. The minimum atomic E-state index is -4.78. The highest BCUT2D eigenvalue weighted by atomic mass is 19.4. The third-order valence-corrected chi connectivity index (χ3v) is 2.11. The smallest absolute Gasteiger partial charge is 0.298 e. The van der Waals surface area contributed by atoms with Crippen molar-refractivity contribution in [3.8, 4) is 6.07 Å². The van der Waals surface area contributed by atoms with Gasteiger partial charge < -0.3 is 0 Å². The second-order valence-electron chi connectivity index (χ2n) is 3.27. The van der Waals surface area contributed by atoms with Crippen LogP contribution in [0.3, 0.4) is 0 Å². The van der Waals surface area contributed by atoms with Crippen LogP contribution < -0.4 is 0 Å². The molecule has 1 aromatic carbocycles. The molecule has 1 aromatic rings. The maximum Gasteiger partial charge on any atom is 0.417 e. The maximum atomic E-state index is 12.6. The van der Waals surface area contributed by atoms with Crippen molar-refractivity contribution in [1.29, 1.82) is 5.26 Å². The highest BCUT2D eigenvalue weighted by Crippen LogP contribution is 2.33. The molecule has 17 heavy (non-hydrogen) atoms. The lowest BCUT2D eigenvalue weighted by Gasteiger charge is -2.12. The fourth-order valence-electron chi connectivity index (χ4n) is 1.37. The van der Waals surface area contributed by atoms with Crippen molar-refractivity contribution in [2.45, 2.75) is 13.1 Å². The van der Waals surface area contributed by atoms with Crippen molar-refractivity contribution >= 4 is 12.1 Å². The number of hydrogen-bond donors (Lipinski definition) is 0. The largest absolute Gasteiger partial charge is 0.417 e. The first-order chi connectivity index (χ1) is 7.81. The number of Topliss-reactive ketones (excluding diaryl/α,β-unsaturated/α-hetero) is 1. The normalized spacial score (nSPS) is 10.8. The van der Waals surface area contributed by atoms with E-state index >= 15 is 0 Å². The molecule has 0 aromatic heterocycles. The van der Waals surface area contributed by atoms with E-state index in [1.165, 1.54) is 6.07 Å². The number of alkyl halides is 3. The number of aldehydes is 1. The zero-order valence-electron chi connectivity index (χ0n) is 8.63. The van der Waals surface area contributed by atoms with Gasteiger partial charge in [0, 0.05) is 11.1 Å². The molecular formula is C11H6F3NO2. The predicted molar refractivity (Wildman–Crippen MR) is 51.6 cm³/mol. The standard InChI is InChI=1S/C11H6F3NO2/c1-6(17)8-2-7(4-15)3-10(9(8)5-16)11(12,13)14/h2-3,5H,1H3. The molecule has 0 bridgehead atoms. The summed E-state index contributed by atoms with van der Waals surface area (Å²) in [7, 11) is 0. The second-order valence-corrected chi connectivity index (χ2v) is 3.27. The van der Waals surface area contributed by atoms with Crippen LogP contribution in [0.4, 0.5) is 13.2 Å². The highest BCUT2D eigenvalue weighted by molar-refractivity contribution is 6.02. The van der Waals surface area contributed by atoms with Crippen molar-refractivity contribution in [2.75, 3.05) is 0 Å². The molecule has 0 saturated carbocycles. The Hall–Kier alpha value is -2.16. The Labute approximate surface area is 94.5 Å². The third kappa shape index (κ3) is 2.50. The molecule has 0 aliphatic rings. The average molecular weight is 241 g/mol. The summed E-state index contributed by atoms with van der Waals surface area (Å²) in [5.41, 5.74) is -2.71. The number of nitriles is 1. The van der Waals surface area contributed by atoms with E-state index in [-0.39, 0.29) is 11.8 Å². The zero-order chi connectivity index (χ0) is 13.2. The van der Waals surface area contributed by atoms with E-state index in [1.807, 2.05) is 0 Å². The van der Waals surface area contributed by atoms with Crippen LogP contribution in [0.2, 0.25) is 0 Å². The van der Waals surface area contributed by atoms with Gasteiger partial charge in [-0.25, -0.2) is 0 Å². The van der Waals surface area contributed by atoms with Gasteiger partial charge in [-0.05, 0) is 19.1 Å². The highest BCUT2D eigenvalue weighted by Gasteiger charge is 2.35. The number of hydrogen-bond acceptors (Lipinski definition) is 3. The summed E-state index contributed by atoms with van der Waals surface area (Å²) < 4.78 is 37.8. The molecule has 0 heterocycles. The lowest BCUT2D eigenvalue weighted by atomic mass is 9.96. The van der Waals surface area contributed by atoms with Crippen molar-refractivity contribution < 1.29 is 22.8 Å². The van der Waals surface area contributed by atoms with Crippen LogP contribution in [0.15, 0.2) is 12.1 Å². The molecule has 6 heteroatoms. The third-order valence-electron chi connectivity index (χ3n) is 2.11. The first kappa shape index (κ1) is 12.9. The van der Waals surface area contributed by atoms with E-state index in [0.29, 0.717) is 6.07 Å². The lowest BCUT2D eigenvalue weighted by Crippen LogP contribution is -2.13. The van der Waals surface area contributed by atoms with Crippen LogP contribution >= 0.6 is 0 Å². The first-order valence-corrected chi connectivity index (χ1v) is 4.42. The number of ketones is 1. The molecule has 0 radical (unpaired) electrons. The zero-order valence-corrected chi connectivity index (χ0v) is 8.63. The van der Waals surface area contributed by atoms with Crippen LogP contribution in [-0.2, 0) is 6.18 Å². The van der Waals surface area contributed by atoms with Gasteiger partial charge in [-0.1, -0.05) is 0 Å². The molecule has 0 saturated heterocycles. The summed E-state index contributed by atoms with van der Waals surface area (Å²) in [6.07, 6.45) is -4.81. The van der Waals surface area contributed by atoms with Crippen molar-refractivity contribution in [1.82, 2.24) is 0 Å². The Balaban J connectivity index is 3.70. The van der Waals surface area contributed by atoms with Crippen molar-refractivity contribution in [2.24, 2.45) is 0 Å². The summed E-state index contributed by atoms with van der Waals surface area (Å²) in [6, 6.07) is 3.04. The minimum absolute atomic E-state index is 0.0271. The van der Waals surface area contributed by atoms with Crippen LogP contribution in [0.1, 0.15) is 38.8 Å². The number of rotatable bonds is 2. The molecule has 0 spiro atoms. The number of carbonyl (C=O) groups is 2. The molecule has 3 nitrogen and oxygen atoms in total. The molecule has 0 fully saturated rings. The van der Waals surface area contributed by atoms with Crippen LogP contribution in [0.25, 0.3) is 0 Å². The Morgan fingerprint density at radius 2 is 2.00 bits per heavy atom. The quantitative estimate of drug-likeness (QED) is 0.590. The Kier molecular flexibility index (Phi) is 3.32. The van der Waals surface area contributed by atoms with Gasteiger partial charge in [-0.3, -0.25) is 9.59 Å². The summed E-state index contributed by atoms with van der Waals surface area (Å²) >= 11 is 0. The lowest BCUT2D eigenvalue weighted by molar-refractivity contribution is -0.137. The van der Waals surface area contributed by atoms with Crippen molar-refractivity contribution in [3.63, 3.8) is 0 Å². The van der Waals surface area contributed by atoms with E-state index in [4.69, 9.17) is 5.26 Å². The van der Waals surface area contributed by atoms with Gasteiger partial charge in [0.25, 0.3) is 0 Å². The molecule has 0 aliphatic heterocycles. The first-order valence-electron chi connectivity index (χ1n) is 4.42. The molecule has 0 unspecified atom stereocenters. The van der Waals surface area contributed by atoms with Gasteiger partial charge in [0.05, 0.1) is 17.2 Å². The van der Waals surface area contributed by atoms with Gasteiger partial charge in [-0.15, -0.1) is 0 Å². The van der Waals surface area contributed by atoms with Gasteiger partial charge >= 0.3 is 6.18 Å². The SMILES string of the molecule is CC(=O)c1cc(C#N)cc(C(F)(F)F)c1C=O. The van der Waals surface area contributed by atoms with E-state index < -0.39 is 28.6 Å². The van der Waals surface area contributed by atoms with E-state index in [0.717, 1.165) is 13.0 Å². The molecule has 0 atom stereocenters. The predicted octanol–water partition coefficient (Wildman–Crippen LogP) is 2.59. The van der Waals surface area contributed by atoms with E-state index in [2.05, 4.69) is 0 Å². The molecule has 88 valence electrons. The van der Waals surface area contributed by atoms with E-state index in [9.17, 15) is 22.8 Å². The molecular weight excluding hydrogens is 235 g/mol. The summed E-state index contributed by atoms with van der Waals surface area (Å²) in [4.78, 5) is 21.8. The van der Waals surface area contributed by atoms with Crippen LogP contribution in [0.5, 0.6) is 0 Å². The number of carbonyl (C=O) groups excluding carboxylic acids is 2. The van der Waals surface area contributed by atoms with Crippen molar-refractivity contribution in [3.05, 3.63) is 34.4 Å². The fourth-order valence-corrected chi connectivity index (χ4v) is 1.37. The second kappa shape index (κ2) is 4.37. The van der Waals surface area contributed by atoms with E-state index in [1.54, 1.807) is 0 Å². The number of benzene rings is 1. The molecule has 0 N–H and O–H groups in total. The average Bonchev–Trinajstić information content (AvgIpc) is 2.25. The van der Waals surface area contributed by atoms with Crippen LogP contribution in [-0.4, -0.2) is 12.1 Å². The Morgan fingerprint density at radius 1 is 1.41 bits per heavy atom. The number of nitrogens with zero attached hydrogens (tertiary/aromatic N) is 1. The number of halogens is 3. The van der Waals surface area contributed by atoms with Gasteiger partial charge in [0.15, 0.2) is 12.1 Å². The van der Waals surface area contributed by atoms with Gasteiger partial charge in [0.1, 0.15) is 0 Å². The summed E-state index contributed by atoms with van der Waals surface area (Å²) in [5, 5.41) is 8.58.